The topological polar surface area (TPSA) is 60.1 Å². The predicted octanol–water partition coefficient (Wildman–Crippen LogP) is 2.11. The van der Waals surface area contributed by atoms with Crippen LogP contribution in [0, 0.1) is 6.92 Å². The molecule has 2 aromatic rings. The minimum Gasteiger partial charge on any atom is -0.455 e. The van der Waals surface area contributed by atoms with Crippen LogP contribution in [0.4, 0.5) is 0 Å². The average molecular weight is 279 g/mol. The van der Waals surface area contributed by atoms with Crippen molar-refractivity contribution in [2.45, 2.75) is 19.2 Å². The van der Waals surface area contributed by atoms with E-state index >= 15 is 0 Å². The lowest BCUT2D eigenvalue weighted by Crippen LogP contribution is -2.22. The number of aromatic nitrogens is 2. The van der Waals surface area contributed by atoms with E-state index in [2.05, 4.69) is 10.4 Å². The fourth-order valence-electron chi connectivity index (χ4n) is 1.80. The number of rotatable bonds is 5. The molecule has 102 valence electrons. The van der Waals surface area contributed by atoms with Gasteiger partial charge in [0.1, 0.15) is 5.76 Å². The molecule has 2 heterocycles. The molecule has 19 heavy (non-hydrogen) atoms. The first-order valence-electron chi connectivity index (χ1n) is 5.95. The highest BCUT2D eigenvalue weighted by atomic mass is 32.2. The Hall–Kier alpha value is -1.69. The van der Waals surface area contributed by atoms with E-state index < -0.39 is 0 Å². The molecule has 2 aromatic heterocycles. The third kappa shape index (κ3) is 3.41. The SMILES string of the molecule is CSCc1ccc(C(=O)NCc2cn(C)nc2C)o1. The summed E-state index contributed by atoms with van der Waals surface area (Å²) in [6, 6.07) is 3.54. The smallest absolute Gasteiger partial charge is 0.287 e. The van der Waals surface area contributed by atoms with Gasteiger partial charge < -0.3 is 9.73 Å². The Morgan fingerprint density at radius 2 is 2.32 bits per heavy atom. The van der Waals surface area contributed by atoms with Crippen molar-refractivity contribution in [1.29, 1.82) is 0 Å². The summed E-state index contributed by atoms with van der Waals surface area (Å²) >= 11 is 1.66. The minimum absolute atomic E-state index is 0.199. The largest absolute Gasteiger partial charge is 0.455 e. The fraction of sp³-hybridized carbons (Fsp3) is 0.385. The highest BCUT2D eigenvalue weighted by Crippen LogP contribution is 2.13. The van der Waals surface area contributed by atoms with Crippen LogP contribution in [-0.2, 0) is 19.3 Å². The Kier molecular flexibility index (Phi) is 4.31. The van der Waals surface area contributed by atoms with Gasteiger partial charge in [-0.15, -0.1) is 0 Å². The van der Waals surface area contributed by atoms with Crippen LogP contribution in [0.15, 0.2) is 22.7 Å². The van der Waals surface area contributed by atoms with Crippen LogP contribution in [0.2, 0.25) is 0 Å². The van der Waals surface area contributed by atoms with E-state index in [1.54, 1.807) is 22.5 Å². The summed E-state index contributed by atoms with van der Waals surface area (Å²) in [6.45, 7) is 2.38. The molecule has 6 heteroatoms. The first-order valence-corrected chi connectivity index (χ1v) is 7.34. The highest BCUT2D eigenvalue weighted by molar-refractivity contribution is 7.97. The maximum atomic E-state index is 11.9. The first-order chi connectivity index (χ1) is 9.10. The van der Waals surface area contributed by atoms with Crippen molar-refractivity contribution in [3.63, 3.8) is 0 Å². The van der Waals surface area contributed by atoms with Crippen molar-refractivity contribution in [1.82, 2.24) is 15.1 Å². The monoisotopic (exact) mass is 279 g/mol. The zero-order valence-corrected chi connectivity index (χ0v) is 12.1. The van der Waals surface area contributed by atoms with Crippen LogP contribution in [-0.4, -0.2) is 21.9 Å². The molecule has 0 aliphatic heterocycles. The van der Waals surface area contributed by atoms with Gasteiger partial charge in [0.25, 0.3) is 5.91 Å². The predicted molar refractivity (Wildman–Crippen MR) is 75.0 cm³/mol. The molecule has 0 atom stereocenters. The van der Waals surface area contributed by atoms with Gasteiger partial charge in [-0.3, -0.25) is 9.48 Å². The second-order valence-electron chi connectivity index (χ2n) is 4.30. The summed E-state index contributed by atoms with van der Waals surface area (Å²) < 4.78 is 7.19. The van der Waals surface area contributed by atoms with E-state index in [1.807, 2.05) is 32.5 Å². The molecule has 0 aliphatic carbocycles. The summed E-state index contributed by atoms with van der Waals surface area (Å²) in [6.07, 6.45) is 3.89. The molecular weight excluding hydrogens is 262 g/mol. The molecule has 1 N–H and O–H groups in total. The molecule has 0 saturated heterocycles. The van der Waals surface area contributed by atoms with Crippen molar-refractivity contribution in [3.8, 4) is 0 Å². The Labute approximate surface area is 116 Å². The normalized spacial score (nSPS) is 10.7. The molecule has 5 nitrogen and oxygen atoms in total. The van der Waals surface area contributed by atoms with Gasteiger partial charge in [-0.25, -0.2) is 0 Å². The number of furan rings is 1. The minimum atomic E-state index is -0.199. The molecule has 0 aromatic carbocycles. The van der Waals surface area contributed by atoms with Crippen molar-refractivity contribution in [3.05, 3.63) is 41.1 Å². The number of nitrogens with zero attached hydrogens (tertiary/aromatic N) is 2. The van der Waals surface area contributed by atoms with Crippen LogP contribution in [0.3, 0.4) is 0 Å². The first kappa shape index (κ1) is 13.7. The molecule has 0 unspecified atom stereocenters. The van der Waals surface area contributed by atoms with E-state index in [0.717, 1.165) is 22.8 Å². The number of hydrogen-bond acceptors (Lipinski definition) is 4. The number of hydrogen-bond donors (Lipinski definition) is 1. The van der Waals surface area contributed by atoms with Gasteiger partial charge in [0.05, 0.1) is 11.4 Å². The maximum absolute atomic E-state index is 11.9. The number of amides is 1. The van der Waals surface area contributed by atoms with Crippen molar-refractivity contribution >= 4 is 17.7 Å². The van der Waals surface area contributed by atoms with Crippen LogP contribution < -0.4 is 5.32 Å². The van der Waals surface area contributed by atoms with Gasteiger partial charge in [0.2, 0.25) is 0 Å². The molecular formula is C13H17N3O2S. The Morgan fingerprint density at radius 1 is 1.53 bits per heavy atom. The third-order valence-electron chi connectivity index (χ3n) is 2.73. The van der Waals surface area contributed by atoms with Crippen molar-refractivity contribution in [2.24, 2.45) is 7.05 Å². The van der Waals surface area contributed by atoms with Gasteiger partial charge in [0.15, 0.2) is 5.76 Å². The summed E-state index contributed by atoms with van der Waals surface area (Å²) in [4.78, 5) is 11.9. The second-order valence-corrected chi connectivity index (χ2v) is 5.16. The zero-order valence-electron chi connectivity index (χ0n) is 11.3. The number of thioether (sulfide) groups is 1. The van der Waals surface area contributed by atoms with Crippen molar-refractivity contribution < 1.29 is 9.21 Å². The Balaban J connectivity index is 1.95. The third-order valence-corrected chi connectivity index (χ3v) is 3.30. The van der Waals surface area contributed by atoms with E-state index in [4.69, 9.17) is 4.42 Å². The number of nitrogens with one attached hydrogen (secondary N) is 1. The van der Waals surface area contributed by atoms with Crippen LogP contribution >= 0.6 is 11.8 Å². The molecule has 2 rings (SSSR count). The lowest BCUT2D eigenvalue weighted by atomic mass is 10.2. The van der Waals surface area contributed by atoms with Gasteiger partial charge >= 0.3 is 0 Å². The lowest BCUT2D eigenvalue weighted by molar-refractivity contribution is 0.0921. The summed E-state index contributed by atoms with van der Waals surface area (Å²) in [5, 5.41) is 7.06. The molecule has 0 aliphatic rings. The van der Waals surface area contributed by atoms with Gasteiger partial charge in [-0.1, -0.05) is 0 Å². The highest BCUT2D eigenvalue weighted by Gasteiger charge is 2.12. The van der Waals surface area contributed by atoms with Crippen LogP contribution in [0.1, 0.15) is 27.6 Å². The Bertz CT molecular complexity index is 574. The fourth-order valence-corrected chi connectivity index (χ4v) is 2.24. The average Bonchev–Trinajstić information content (AvgIpc) is 2.94. The molecule has 0 fully saturated rings. The summed E-state index contributed by atoms with van der Waals surface area (Å²) in [7, 11) is 1.86. The summed E-state index contributed by atoms with van der Waals surface area (Å²) in [5.41, 5.74) is 1.93. The van der Waals surface area contributed by atoms with Gasteiger partial charge in [-0.05, 0) is 25.3 Å². The molecule has 1 amide bonds. The van der Waals surface area contributed by atoms with E-state index in [9.17, 15) is 4.79 Å². The molecule has 0 spiro atoms. The van der Waals surface area contributed by atoms with Crippen LogP contribution in [0.25, 0.3) is 0 Å². The van der Waals surface area contributed by atoms with E-state index in [1.165, 1.54) is 0 Å². The zero-order chi connectivity index (χ0) is 13.8. The van der Waals surface area contributed by atoms with E-state index in [0.29, 0.717) is 12.3 Å². The lowest BCUT2D eigenvalue weighted by Gasteiger charge is -2.01. The van der Waals surface area contributed by atoms with Crippen molar-refractivity contribution in [2.75, 3.05) is 6.26 Å². The number of aryl methyl sites for hydroxylation is 2. The quantitative estimate of drug-likeness (QED) is 0.910. The molecule has 0 saturated carbocycles. The standard InChI is InChI=1S/C13H17N3O2S/c1-9-10(7-16(2)15-9)6-14-13(17)12-5-4-11(18-12)8-19-3/h4-5,7H,6,8H2,1-3H3,(H,14,17). The van der Waals surface area contributed by atoms with E-state index in [-0.39, 0.29) is 5.91 Å². The summed E-state index contributed by atoms with van der Waals surface area (Å²) in [5.74, 6) is 1.74. The van der Waals surface area contributed by atoms with Gasteiger partial charge in [0, 0.05) is 25.4 Å². The second kappa shape index (κ2) is 5.97. The Morgan fingerprint density at radius 3 is 2.95 bits per heavy atom. The number of carbonyl (C=O) groups is 1. The molecule has 0 radical (unpaired) electrons. The number of carbonyl (C=O) groups excluding carboxylic acids is 1. The van der Waals surface area contributed by atoms with Crippen LogP contribution in [0.5, 0.6) is 0 Å². The maximum Gasteiger partial charge on any atom is 0.287 e. The van der Waals surface area contributed by atoms with Gasteiger partial charge in [-0.2, -0.15) is 16.9 Å². The molecule has 0 bridgehead atoms.